The van der Waals surface area contributed by atoms with E-state index in [9.17, 15) is 9.59 Å². The highest BCUT2D eigenvalue weighted by molar-refractivity contribution is 7.15. The third-order valence-corrected chi connectivity index (χ3v) is 4.90. The molecule has 0 saturated heterocycles. The van der Waals surface area contributed by atoms with E-state index in [1.807, 2.05) is 0 Å². The van der Waals surface area contributed by atoms with Gasteiger partial charge in [-0.15, -0.1) is 10.2 Å². The largest absolute Gasteiger partial charge is 0.465 e. The summed E-state index contributed by atoms with van der Waals surface area (Å²) in [4.78, 5) is 27.5. The number of carbonyl (C=O) groups excluding carboxylic acids is 2. The monoisotopic (exact) mass is 346 g/mol. The van der Waals surface area contributed by atoms with Crippen molar-refractivity contribution in [2.75, 3.05) is 12.4 Å². The third kappa shape index (κ3) is 3.94. The highest BCUT2D eigenvalue weighted by Crippen LogP contribution is 2.29. The Kier molecular flexibility index (Phi) is 5.14. The number of methoxy groups -OCH3 is 1. The van der Waals surface area contributed by atoms with Crippen molar-refractivity contribution in [3.05, 3.63) is 34.6 Å². The number of rotatable bonds is 5. The number of amides is 1. The molecule has 0 unspecified atom stereocenters. The third-order valence-electron chi connectivity index (χ3n) is 4.04. The predicted octanol–water partition coefficient (Wildman–Crippen LogP) is 2.70. The number of hydrogen-bond donors (Lipinski definition) is 1. The molecule has 2 aromatic heterocycles. The molecule has 0 atom stereocenters. The number of anilines is 1. The van der Waals surface area contributed by atoms with Gasteiger partial charge in [0.1, 0.15) is 10.7 Å². The Labute approximate surface area is 143 Å². The standard InChI is InChI=1S/C16H18N4O3S/c1-23-15(22)11-6-7-12(17-9-11)14(21)18-16-20-19-13(24-16)8-10-4-2-3-5-10/h6-7,9-10H,2-5,8H2,1H3,(H,18,20,21). The summed E-state index contributed by atoms with van der Waals surface area (Å²) in [6.45, 7) is 0. The summed E-state index contributed by atoms with van der Waals surface area (Å²) in [5, 5.41) is 12.3. The van der Waals surface area contributed by atoms with Gasteiger partial charge in [-0.1, -0.05) is 37.0 Å². The van der Waals surface area contributed by atoms with E-state index < -0.39 is 5.97 Å². The molecule has 2 heterocycles. The number of aromatic nitrogens is 3. The zero-order valence-corrected chi connectivity index (χ0v) is 14.1. The number of carbonyl (C=O) groups is 2. The van der Waals surface area contributed by atoms with Gasteiger partial charge in [0.15, 0.2) is 0 Å². The zero-order chi connectivity index (χ0) is 16.9. The average molecular weight is 346 g/mol. The van der Waals surface area contributed by atoms with Crippen LogP contribution in [0.5, 0.6) is 0 Å². The van der Waals surface area contributed by atoms with Gasteiger partial charge >= 0.3 is 5.97 Å². The molecule has 0 aliphatic heterocycles. The number of esters is 1. The summed E-state index contributed by atoms with van der Waals surface area (Å²) in [7, 11) is 1.29. The SMILES string of the molecule is COC(=O)c1ccc(C(=O)Nc2nnc(CC3CCCC3)s2)nc1. The summed E-state index contributed by atoms with van der Waals surface area (Å²) in [5.74, 6) is -0.181. The first-order valence-corrected chi connectivity index (χ1v) is 8.65. The van der Waals surface area contributed by atoms with Crippen molar-refractivity contribution in [3.63, 3.8) is 0 Å². The van der Waals surface area contributed by atoms with E-state index in [1.54, 1.807) is 0 Å². The van der Waals surface area contributed by atoms with E-state index in [0.29, 0.717) is 16.6 Å². The first-order valence-electron chi connectivity index (χ1n) is 7.84. The number of nitrogens with zero attached hydrogens (tertiary/aromatic N) is 3. The molecule has 1 saturated carbocycles. The quantitative estimate of drug-likeness (QED) is 0.837. The summed E-state index contributed by atoms with van der Waals surface area (Å²) < 4.78 is 4.59. The van der Waals surface area contributed by atoms with Gasteiger partial charge in [0.25, 0.3) is 5.91 Å². The lowest BCUT2D eigenvalue weighted by molar-refractivity contribution is 0.0600. The van der Waals surface area contributed by atoms with E-state index >= 15 is 0 Å². The summed E-state index contributed by atoms with van der Waals surface area (Å²) in [5.41, 5.74) is 0.499. The minimum absolute atomic E-state index is 0.204. The Morgan fingerprint density at radius 2 is 2.08 bits per heavy atom. The maximum absolute atomic E-state index is 12.2. The number of hydrogen-bond acceptors (Lipinski definition) is 7. The molecule has 1 aliphatic rings. The zero-order valence-electron chi connectivity index (χ0n) is 13.3. The first-order chi connectivity index (χ1) is 11.7. The first kappa shape index (κ1) is 16.5. The minimum Gasteiger partial charge on any atom is -0.465 e. The van der Waals surface area contributed by atoms with E-state index in [-0.39, 0.29) is 11.6 Å². The molecule has 126 valence electrons. The van der Waals surface area contributed by atoms with Crippen molar-refractivity contribution in [1.82, 2.24) is 15.2 Å². The Balaban J connectivity index is 1.60. The number of pyridine rings is 1. The van der Waals surface area contributed by atoms with E-state index in [0.717, 1.165) is 11.4 Å². The van der Waals surface area contributed by atoms with Crippen LogP contribution in [0.25, 0.3) is 0 Å². The van der Waals surface area contributed by atoms with Crippen LogP contribution in [0.4, 0.5) is 5.13 Å². The molecule has 7 nitrogen and oxygen atoms in total. The summed E-state index contributed by atoms with van der Waals surface area (Å²) >= 11 is 1.40. The fourth-order valence-corrected chi connectivity index (χ4v) is 3.63. The second-order valence-electron chi connectivity index (χ2n) is 5.73. The fraction of sp³-hybridized carbons (Fsp3) is 0.438. The Hall–Kier alpha value is -2.35. The van der Waals surface area contributed by atoms with E-state index in [1.165, 1.54) is 62.5 Å². The molecule has 1 N–H and O–H groups in total. The molecule has 8 heteroatoms. The summed E-state index contributed by atoms with van der Waals surface area (Å²) in [6, 6.07) is 2.97. The van der Waals surface area contributed by atoms with Crippen molar-refractivity contribution in [3.8, 4) is 0 Å². The van der Waals surface area contributed by atoms with Gasteiger partial charge in [0, 0.05) is 12.6 Å². The van der Waals surface area contributed by atoms with Gasteiger partial charge in [-0.3, -0.25) is 15.1 Å². The van der Waals surface area contributed by atoms with Crippen LogP contribution in [-0.2, 0) is 11.2 Å². The molecule has 24 heavy (non-hydrogen) atoms. The summed E-state index contributed by atoms with van der Waals surface area (Å²) in [6.07, 6.45) is 7.32. The molecule has 0 bridgehead atoms. The molecule has 1 amide bonds. The molecular formula is C16H18N4O3S. The van der Waals surface area contributed by atoms with E-state index in [4.69, 9.17) is 0 Å². The lowest BCUT2D eigenvalue weighted by Gasteiger charge is -2.03. The second-order valence-corrected chi connectivity index (χ2v) is 6.80. The maximum atomic E-state index is 12.2. The van der Waals surface area contributed by atoms with Gasteiger partial charge in [-0.25, -0.2) is 4.79 Å². The molecule has 1 aliphatic carbocycles. The van der Waals surface area contributed by atoms with Crippen LogP contribution in [0.2, 0.25) is 0 Å². The highest BCUT2D eigenvalue weighted by Gasteiger charge is 2.18. The average Bonchev–Trinajstić information content (AvgIpc) is 3.27. The molecule has 0 radical (unpaired) electrons. The smallest absolute Gasteiger partial charge is 0.339 e. The predicted molar refractivity (Wildman–Crippen MR) is 89.1 cm³/mol. The van der Waals surface area contributed by atoms with Crippen LogP contribution >= 0.6 is 11.3 Å². The minimum atomic E-state index is -0.491. The second kappa shape index (κ2) is 7.48. The van der Waals surface area contributed by atoms with Crippen molar-refractivity contribution in [2.45, 2.75) is 32.1 Å². The molecule has 1 fully saturated rings. The van der Waals surface area contributed by atoms with Gasteiger partial charge in [0.05, 0.1) is 12.7 Å². The Morgan fingerprint density at radius 1 is 1.29 bits per heavy atom. The van der Waals surface area contributed by atoms with E-state index in [2.05, 4.69) is 25.2 Å². The topological polar surface area (TPSA) is 94.1 Å². The van der Waals surface area contributed by atoms with Crippen molar-refractivity contribution >= 4 is 28.3 Å². The van der Waals surface area contributed by atoms with Gasteiger partial charge in [0.2, 0.25) is 5.13 Å². The van der Waals surface area contributed by atoms with Crippen LogP contribution in [0.3, 0.4) is 0 Å². The molecule has 3 rings (SSSR count). The number of nitrogens with one attached hydrogen (secondary N) is 1. The number of ether oxygens (including phenoxy) is 1. The van der Waals surface area contributed by atoms with Crippen LogP contribution in [0.15, 0.2) is 18.3 Å². The fourth-order valence-electron chi connectivity index (χ4n) is 2.78. The van der Waals surface area contributed by atoms with Crippen LogP contribution < -0.4 is 5.32 Å². The van der Waals surface area contributed by atoms with Crippen LogP contribution in [0.1, 0.15) is 51.5 Å². The lowest BCUT2D eigenvalue weighted by Crippen LogP contribution is -2.14. The maximum Gasteiger partial charge on any atom is 0.339 e. The van der Waals surface area contributed by atoms with Crippen LogP contribution in [0, 0.1) is 5.92 Å². The van der Waals surface area contributed by atoms with Gasteiger partial charge in [-0.2, -0.15) is 0 Å². The van der Waals surface area contributed by atoms with Gasteiger partial charge < -0.3 is 4.74 Å². The Morgan fingerprint density at radius 3 is 2.75 bits per heavy atom. The van der Waals surface area contributed by atoms with Gasteiger partial charge in [-0.05, 0) is 18.1 Å². The highest BCUT2D eigenvalue weighted by atomic mass is 32.1. The van der Waals surface area contributed by atoms with Crippen molar-refractivity contribution in [2.24, 2.45) is 5.92 Å². The van der Waals surface area contributed by atoms with Crippen molar-refractivity contribution in [1.29, 1.82) is 0 Å². The Bertz CT molecular complexity index is 723. The lowest BCUT2D eigenvalue weighted by atomic mass is 10.1. The normalized spacial score (nSPS) is 14.5. The molecule has 0 aromatic carbocycles. The molecule has 0 spiro atoms. The molecular weight excluding hydrogens is 328 g/mol. The molecule has 2 aromatic rings. The van der Waals surface area contributed by atoms with Crippen molar-refractivity contribution < 1.29 is 14.3 Å². The van der Waals surface area contributed by atoms with Crippen LogP contribution in [-0.4, -0.2) is 34.2 Å².